The highest BCUT2D eigenvalue weighted by Crippen LogP contribution is 2.25. The van der Waals surface area contributed by atoms with E-state index < -0.39 is 12.2 Å². The van der Waals surface area contributed by atoms with Gasteiger partial charge in [0.2, 0.25) is 0 Å². The second-order valence-corrected chi connectivity index (χ2v) is 1.36. The van der Waals surface area contributed by atoms with E-state index in [2.05, 4.69) is 4.74 Å². The molecule has 60 valence electrons. The Balaban J connectivity index is 4.31. The van der Waals surface area contributed by atoms with Crippen molar-refractivity contribution >= 4 is 0 Å². The predicted octanol–water partition coefficient (Wildman–Crippen LogP) is 1.24. The lowest BCUT2D eigenvalue weighted by atomic mass is 10.6. The van der Waals surface area contributed by atoms with Crippen LogP contribution in [0.3, 0.4) is 0 Å². The zero-order chi connectivity index (χ0) is 9.12. The first-order valence-electron chi connectivity index (χ1n) is 2.11. The quantitative estimate of drug-likeness (QED) is 0.582. The lowest BCUT2D eigenvalue weighted by Gasteiger charge is -2.11. The van der Waals surface area contributed by atoms with Crippen molar-refractivity contribution in [3.05, 3.63) is 0 Å². The molecule has 0 atom stereocenters. The number of rotatable bonds is 2. The molecule has 0 fully saturated rings. The highest BCUT2D eigenvalue weighted by atomic mass is 19.3. The van der Waals surface area contributed by atoms with Gasteiger partial charge >= 0.3 is 12.2 Å². The van der Waals surface area contributed by atoms with Crippen molar-refractivity contribution in [3.8, 4) is 12.1 Å². The van der Waals surface area contributed by atoms with E-state index >= 15 is 0 Å². The minimum atomic E-state index is -4.64. The van der Waals surface area contributed by atoms with Crippen LogP contribution in [-0.2, 0) is 4.74 Å². The zero-order valence-corrected chi connectivity index (χ0v) is 4.81. The standard InChI is InChI=1S/C4F4N2O/c5-3(6,1-9)11-4(7,8)2-10. The van der Waals surface area contributed by atoms with Crippen LogP contribution < -0.4 is 0 Å². The third-order valence-electron chi connectivity index (χ3n) is 0.517. The molecule has 0 aromatic carbocycles. The van der Waals surface area contributed by atoms with Crippen LogP contribution in [-0.4, -0.2) is 12.2 Å². The molecule has 0 heterocycles. The monoisotopic (exact) mass is 168 g/mol. The van der Waals surface area contributed by atoms with Crippen LogP contribution in [0.5, 0.6) is 0 Å². The van der Waals surface area contributed by atoms with Gasteiger partial charge in [-0.2, -0.15) is 28.1 Å². The second kappa shape index (κ2) is 2.72. The summed E-state index contributed by atoms with van der Waals surface area (Å²) in [5.74, 6) is 0. The molecule has 0 aliphatic carbocycles. The van der Waals surface area contributed by atoms with E-state index in [1.54, 1.807) is 0 Å². The number of ether oxygens (including phenoxy) is 1. The SMILES string of the molecule is N#CC(F)(F)OC(F)(F)C#N. The molecule has 0 unspecified atom stereocenters. The van der Waals surface area contributed by atoms with Crippen LogP contribution in [0.2, 0.25) is 0 Å². The van der Waals surface area contributed by atoms with E-state index in [4.69, 9.17) is 10.5 Å². The highest BCUT2D eigenvalue weighted by Gasteiger charge is 2.44. The summed E-state index contributed by atoms with van der Waals surface area (Å²) >= 11 is 0. The molecular formula is C4F4N2O. The molecule has 11 heavy (non-hydrogen) atoms. The van der Waals surface area contributed by atoms with Gasteiger partial charge in [-0.1, -0.05) is 0 Å². The van der Waals surface area contributed by atoms with E-state index in [1.165, 1.54) is 0 Å². The lowest BCUT2D eigenvalue weighted by molar-refractivity contribution is -0.325. The summed E-state index contributed by atoms with van der Waals surface area (Å²) in [6, 6.07) is 0.290. The number of nitriles is 2. The van der Waals surface area contributed by atoms with E-state index in [9.17, 15) is 17.6 Å². The minimum absolute atomic E-state index is 0.145. The normalized spacial score (nSPS) is 11.8. The van der Waals surface area contributed by atoms with Crippen molar-refractivity contribution < 1.29 is 22.3 Å². The second-order valence-electron chi connectivity index (χ2n) is 1.36. The molecule has 0 saturated carbocycles. The van der Waals surface area contributed by atoms with Gasteiger partial charge in [-0.3, -0.25) is 0 Å². The van der Waals surface area contributed by atoms with Gasteiger partial charge in [-0.25, -0.2) is 4.74 Å². The first-order valence-corrected chi connectivity index (χ1v) is 2.11. The fraction of sp³-hybridized carbons (Fsp3) is 0.500. The van der Waals surface area contributed by atoms with Crippen LogP contribution in [0.1, 0.15) is 0 Å². The molecule has 0 N–H and O–H groups in total. The van der Waals surface area contributed by atoms with Gasteiger partial charge in [-0.15, -0.1) is 0 Å². The maximum absolute atomic E-state index is 11.6. The Labute approximate surface area is 58.4 Å². The summed E-state index contributed by atoms with van der Waals surface area (Å²) in [5, 5.41) is 15.0. The van der Waals surface area contributed by atoms with Gasteiger partial charge in [0.1, 0.15) is 0 Å². The third-order valence-corrected chi connectivity index (χ3v) is 0.517. The van der Waals surface area contributed by atoms with Gasteiger partial charge in [-0.05, 0) is 0 Å². The number of alkyl halides is 4. The molecule has 0 rings (SSSR count). The molecule has 0 bridgehead atoms. The number of halogens is 4. The first-order chi connectivity index (χ1) is 4.83. The van der Waals surface area contributed by atoms with Crippen molar-refractivity contribution in [1.82, 2.24) is 0 Å². The van der Waals surface area contributed by atoms with E-state index in [0.29, 0.717) is 0 Å². The Kier molecular flexibility index (Phi) is 2.39. The predicted molar refractivity (Wildman–Crippen MR) is 22.2 cm³/mol. The lowest BCUT2D eigenvalue weighted by Crippen LogP contribution is -2.30. The molecule has 0 amide bonds. The van der Waals surface area contributed by atoms with Crippen molar-refractivity contribution in [2.45, 2.75) is 12.2 Å². The Hall–Kier alpha value is -1.34. The van der Waals surface area contributed by atoms with Gasteiger partial charge in [0.05, 0.1) is 0 Å². The molecule has 0 aliphatic heterocycles. The Morgan fingerprint density at radius 3 is 1.36 bits per heavy atom. The molecule has 0 radical (unpaired) electrons. The number of hydrogen-bond acceptors (Lipinski definition) is 3. The van der Waals surface area contributed by atoms with E-state index in [0.717, 1.165) is 0 Å². The summed E-state index contributed by atoms with van der Waals surface area (Å²) in [6.45, 7) is 0. The fourth-order valence-corrected chi connectivity index (χ4v) is 0.207. The van der Waals surface area contributed by atoms with Gasteiger partial charge in [0.15, 0.2) is 12.1 Å². The topological polar surface area (TPSA) is 56.8 Å². The van der Waals surface area contributed by atoms with Gasteiger partial charge < -0.3 is 0 Å². The first kappa shape index (κ1) is 9.66. The minimum Gasteiger partial charge on any atom is -0.230 e. The van der Waals surface area contributed by atoms with Crippen molar-refractivity contribution in [3.63, 3.8) is 0 Å². The third kappa shape index (κ3) is 3.38. The molecule has 0 saturated heterocycles. The van der Waals surface area contributed by atoms with Crippen LogP contribution >= 0.6 is 0 Å². The van der Waals surface area contributed by atoms with Crippen LogP contribution in [0.15, 0.2) is 0 Å². The fourth-order valence-electron chi connectivity index (χ4n) is 0.207. The summed E-state index contributed by atoms with van der Waals surface area (Å²) in [7, 11) is 0. The smallest absolute Gasteiger partial charge is 0.230 e. The van der Waals surface area contributed by atoms with Gasteiger partial charge in [0, 0.05) is 0 Å². The zero-order valence-electron chi connectivity index (χ0n) is 4.81. The number of nitrogens with zero attached hydrogens (tertiary/aromatic N) is 2. The maximum Gasteiger partial charge on any atom is 0.453 e. The largest absolute Gasteiger partial charge is 0.453 e. The molecule has 0 aliphatic rings. The summed E-state index contributed by atoms with van der Waals surface area (Å²) < 4.78 is 49.0. The number of hydrogen-bond donors (Lipinski definition) is 0. The molecule has 3 nitrogen and oxygen atoms in total. The Morgan fingerprint density at radius 2 is 1.18 bits per heavy atom. The highest BCUT2D eigenvalue weighted by molar-refractivity contribution is 4.90. The van der Waals surface area contributed by atoms with Gasteiger partial charge in [0.25, 0.3) is 0 Å². The van der Waals surface area contributed by atoms with Crippen molar-refractivity contribution in [2.24, 2.45) is 0 Å². The van der Waals surface area contributed by atoms with Crippen LogP contribution in [0.4, 0.5) is 17.6 Å². The van der Waals surface area contributed by atoms with E-state index in [1.807, 2.05) is 0 Å². The molecular weight excluding hydrogens is 168 g/mol. The van der Waals surface area contributed by atoms with Crippen molar-refractivity contribution in [2.75, 3.05) is 0 Å². The average Bonchev–Trinajstić information content (AvgIpc) is 1.86. The van der Waals surface area contributed by atoms with E-state index in [-0.39, 0.29) is 12.1 Å². The molecule has 0 aromatic heterocycles. The van der Waals surface area contributed by atoms with Crippen molar-refractivity contribution in [1.29, 1.82) is 10.5 Å². The maximum atomic E-state index is 11.6. The van der Waals surface area contributed by atoms with Crippen LogP contribution in [0, 0.1) is 22.7 Å². The average molecular weight is 168 g/mol. The molecule has 0 spiro atoms. The van der Waals surface area contributed by atoms with Crippen LogP contribution in [0.25, 0.3) is 0 Å². The Bertz CT molecular complexity index is 201. The Morgan fingerprint density at radius 1 is 0.909 bits per heavy atom. The molecule has 0 aromatic rings. The summed E-state index contributed by atoms with van der Waals surface area (Å²) in [5.41, 5.74) is 0. The molecule has 7 heteroatoms. The summed E-state index contributed by atoms with van der Waals surface area (Å²) in [6.07, 6.45) is -9.28. The summed E-state index contributed by atoms with van der Waals surface area (Å²) in [4.78, 5) is 0.